The van der Waals surface area contributed by atoms with E-state index >= 15 is 0 Å². The molecule has 0 atom stereocenters. The molecule has 10 heteroatoms. The van der Waals surface area contributed by atoms with E-state index in [1.165, 1.54) is 24.3 Å². The number of carbonyl (C=O) groups is 4. The van der Waals surface area contributed by atoms with Crippen molar-refractivity contribution in [3.05, 3.63) is 51.6 Å². The van der Waals surface area contributed by atoms with Gasteiger partial charge in [0.2, 0.25) is 0 Å². The highest BCUT2D eigenvalue weighted by Crippen LogP contribution is 2.35. The van der Waals surface area contributed by atoms with Crippen LogP contribution in [0.15, 0.2) is 39.7 Å². The number of furan rings is 1. The minimum atomic E-state index is -1.11. The van der Waals surface area contributed by atoms with Gasteiger partial charge in [-0.15, -0.1) is 0 Å². The zero-order chi connectivity index (χ0) is 22.7. The number of imide groups is 1. The van der Waals surface area contributed by atoms with Crippen molar-refractivity contribution in [1.29, 1.82) is 0 Å². The summed E-state index contributed by atoms with van der Waals surface area (Å²) in [5, 5.41) is 8.87. The zero-order valence-corrected chi connectivity index (χ0v) is 18.2. The van der Waals surface area contributed by atoms with Gasteiger partial charge in [0.15, 0.2) is 0 Å². The second-order valence-corrected chi connectivity index (χ2v) is 8.45. The summed E-state index contributed by atoms with van der Waals surface area (Å²) in [5.74, 6) is -1.69. The van der Waals surface area contributed by atoms with Crippen molar-refractivity contribution < 1.29 is 33.4 Å². The average Bonchev–Trinajstić information content (AvgIpc) is 3.27. The molecule has 31 heavy (non-hydrogen) atoms. The van der Waals surface area contributed by atoms with Crippen LogP contribution in [-0.4, -0.2) is 46.2 Å². The van der Waals surface area contributed by atoms with Crippen molar-refractivity contribution >= 4 is 52.5 Å². The molecule has 1 N–H and O–H groups in total. The zero-order valence-electron chi connectivity index (χ0n) is 16.6. The van der Waals surface area contributed by atoms with Gasteiger partial charge in [0, 0.05) is 11.6 Å². The number of carboxylic acid groups (broad SMARTS) is 1. The lowest BCUT2D eigenvalue weighted by atomic mass is 10.1. The van der Waals surface area contributed by atoms with Crippen LogP contribution in [0.2, 0.25) is 5.02 Å². The molecule has 0 spiro atoms. The molecule has 0 unspecified atom stereocenters. The Kier molecular flexibility index (Phi) is 6.87. The number of benzene rings is 1. The Morgan fingerprint density at radius 1 is 1.26 bits per heavy atom. The molecule has 1 aliphatic heterocycles. The van der Waals surface area contributed by atoms with Crippen LogP contribution in [0.25, 0.3) is 17.4 Å². The van der Waals surface area contributed by atoms with E-state index in [4.69, 9.17) is 25.9 Å². The van der Waals surface area contributed by atoms with Gasteiger partial charge >= 0.3 is 11.9 Å². The lowest BCUT2D eigenvalue weighted by molar-refractivity contribution is -0.147. The molecular formula is C21H18ClNO7S. The number of aromatic carboxylic acids is 1. The highest BCUT2D eigenvalue weighted by atomic mass is 35.5. The van der Waals surface area contributed by atoms with Crippen LogP contribution in [0.1, 0.15) is 30.0 Å². The molecule has 1 fully saturated rings. The Bertz CT molecular complexity index is 1090. The predicted molar refractivity (Wildman–Crippen MR) is 115 cm³/mol. The van der Waals surface area contributed by atoms with Gasteiger partial charge in [0.1, 0.15) is 18.1 Å². The molecular weight excluding hydrogens is 446 g/mol. The summed E-state index contributed by atoms with van der Waals surface area (Å²) < 4.78 is 10.7. The molecule has 0 saturated carbocycles. The lowest BCUT2D eigenvalue weighted by Gasteiger charge is -2.12. The number of hydrogen-bond donors (Lipinski definition) is 1. The summed E-state index contributed by atoms with van der Waals surface area (Å²) in [6, 6.07) is 7.34. The number of halogens is 1. The van der Waals surface area contributed by atoms with Crippen molar-refractivity contribution in [3.63, 3.8) is 0 Å². The molecule has 1 aromatic heterocycles. The van der Waals surface area contributed by atoms with E-state index < -0.39 is 29.6 Å². The van der Waals surface area contributed by atoms with Gasteiger partial charge in [0.05, 0.1) is 22.1 Å². The Morgan fingerprint density at radius 2 is 2.00 bits per heavy atom. The standard InChI is InChI=1S/C21H18ClNO7S/c1-11(2)10-29-18(24)9-23-19(25)17(31-21(23)28)8-13-4-6-16(30-13)14-7-12(20(26)27)3-5-15(14)22/h3-8,11H,9-10H2,1-2H3,(H,26,27)/b17-8-. The summed E-state index contributed by atoms with van der Waals surface area (Å²) in [7, 11) is 0. The fourth-order valence-corrected chi connectivity index (χ4v) is 3.65. The molecule has 2 amide bonds. The van der Waals surface area contributed by atoms with Gasteiger partial charge in [-0.25, -0.2) is 4.79 Å². The number of nitrogens with zero attached hydrogens (tertiary/aromatic N) is 1. The first kappa shape index (κ1) is 22.6. The molecule has 3 rings (SSSR count). The number of esters is 1. The van der Waals surface area contributed by atoms with E-state index in [1.807, 2.05) is 13.8 Å². The van der Waals surface area contributed by atoms with E-state index in [0.29, 0.717) is 28.1 Å². The van der Waals surface area contributed by atoms with Crippen LogP contribution >= 0.6 is 23.4 Å². The van der Waals surface area contributed by atoms with Gasteiger partial charge in [-0.2, -0.15) is 0 Å². The molecule has 0 aliphatic carbocycles. The third-order valence-electron chi connectivity index (χ3n) is 4.12. The molecule has 2 aromatic rings. The van der Waals surface area contributed by atoms with Crippen LogP contribution in [0.5, 0.6) is 0 Å². The van der Waals surface area contributed by atoms with Crippen LogP contribution < -0.4 is 0 Å². The van der Waals surface area contributed by atoms with Crippen molar-refractivity contribution in [2.75, 3.05) is 13.2 Å². The molecule has 0 radical (unpaired) electrons. The summed E-state index contributed by atoms with van der Waals surface area (Å²) in [6.45, 7) is 3.49. The maximum Gasteiger partial charge on any atom is 0.335 e. The minimum Gasteiger partial charge on any atom is -0.478 e. The average molecular weight is 464 g/mol. The SMILES string of the molecule is CC(C)COC(=O)CN1C(=O)S/C(=C\c2ccc(-c3cc(C(=O)O)ccc3Cl)o2)C1=O. The van der Waals surface area contributed by atoms with Gasteiger partial charge in [-0.3, -0.25) is 19.3 Å². The second kappa shape index (κ2) is 9.40. The van der Waals surface area contributed by atoms with Gasteiger partial charge in [-0.1, -0.05) is 25.4 Å². The minimum absolute atomic E-state index is 0.0443. The highest BCUT2D eigenvalue weighted by molar-refractivity contribution is 8.18. The van der Waals surface area contributed by atoms with Crippen molar-refractivity contribution in [2.45, 2.75) is 13.8 Å². The molecule has 162 valence electrons. The van der Waals surface area contributed by atoms with Crippen molar-refractivity contribution in [2.24, 2.45) is 5.92 Å². The van der Waals surface area contributed by atoms with Crippen LogP contribution in [-0.2, 0) is 14.3 Å². The van der Waals surface area contributed by atoms with Gasteiger partial charge in [-0.05, 0) is 48.0 Å². The third kappa shape index (κ3) is 5.36. The highest BCUT2D eigenvalue weighted by Gasteiger charge is 2.37. The number of rotatable bonds is 7. The number of carbonyl (C=O) groups excluding carboxylic acids is 3. The van der Waals surface area contributed by atoms with E-state index in [9.17, 15) is 19.2 Å². The fourth-order valence-electron chi connectivity index (χ4n) is 2.62. The van der Waals surface area contributed by atoms with E-state index in [2.05, 4.69) is 0 Å². The molecule has 1 aliphatic rings. The Hall–Kier alpha value is -3.04. The first-order chi connectivity index (χ1) is 14.7. The number of amides is 2. The molecule has 1 aromatic carbocycles. The Balaban J connectivity index is 1.77. The smallest absolute Gasteiger partial charge is 0.335 e. The van der Waals surface area contributed by atoms with Gasteiger partial charge < -0.3 is 14.3 Å². The fraction of sp³-hybridized carbons (Fsp3) is 0.238. The van der Waals surface area contributed by atoms with Crippen LogP contribution in [0.3, 0.4) is 0 Å². The van der Waals surface area contributed by atoms with Crippen LogP contribution in [0.4, 0.5) is 4.79 Å². The largest absolute Gasteiger partial charge is 0.478 e. The Morgan fingerprint density at radius 3 is 2.68 bits per heavy atom. The van der Waals surface area contributed by atoms with E-state index in [-0.39, 0.29) is 28.8 Å². The van der Waals surface area contributed by atoms with E-state index in [0.717, 1.165) is 4.90 Å². The number of thioether (sulfide) groups is 1. The first-order valence-electron chi connectivity index (χ1n) is 9.19. The summed E-state index contributed by atoms with van der Waals surface area (Å²) in [4.78, 5) is 48.6. The van der Waals surface area contributed by atoms with Gasteiger partial charge in [0.25, 0.3) is 11.1 Å². The maximum atomic E-state index is 12.5. The monoisotopic (exact) mass is 463 g/mol. The van der Waals surface area contributed by atoms with Crippen LogP contribution in [0, 0.1) is 5.92 Å². The molecule has 8 nitrogen and oxygen atoms in total. The maximum absolute atomic E-state index is 12.5. The number of ether oxygens (including phenoxy) is 1. The topological polar surface area (TPSA) is 114 Å². The summed E-state index contributed by atoms with van der Waals surface area (Å²) in [5.41, 5.74) is 0.421. The van der Waals surface area contributed by atoms with Crippen molar-refractivity contribution in [1.82, 2.24) is 4.90 Å². The second-order valence-electron chi connectivity index (χ2n) is 7.05. The quantitative estimate of drug-likeness (QED) is 0.470. The van der Waals surface area contributed by atoms with Crippen molar-refractivity contribution in [3.8, 4) is 11.3 Å². The number of carboxylic acids is 1. The molecule has 1 saturated heterocycles. The molecule has 2 heterocycles. The predicted octanol–water partition coefficient (Wildman–Crippen LogP) is 4.53. The third-order valence-corrected chi connectivity index (χ3v) is 5.35. The lowest BCUT2D eigenvalue weighted by Crippen LogP contribution is -2.34. The Labute approximate surface area is 186 Å². The summed E-state index contributed by atoms with van der Waals surface area (Å²) in [6.07, 6.45) is 1.38. The first-order valence-corrected chi connectivity index (χ1v) is 10.4. The summed E-state index contributed by atoms with van der Waals surface area (Å²) >= 11 is 6.83. The number of hydrogen-bond acceptors (Lipinski definition) is 7. The van der Waals surface area contributed by atoms with E-state index in [1.54, 1.807) is 12.1 Å². The molecule has 0 bridgehead atoms. The normalized spacial score (nSPS) is 15.2.